The summed E-state index contributed by atoms with van der Waals surface area (Å²) in [6.07, 6.45) is 4.55. The highest BCUT2D eigenvalue weighted by atomic mass is 35.5. The van der Waals surface area contributed by atoms with Crippen molar-refractivity contribution in [1.29, 1.82) is 0 Å². The first-order valence-corrected chi connectivity index (χ1v) is 15.0. The van der Waals surface area contributed by atoms with Crippen LogP contribution in [0.5, 0.6) is 0 Å². The Morgan fingerprint density at radius 1 is 1.02 bits per heavy atom. The van der Waals surface area contributed by atoms with Gasteiger partial charge in [0.1, 0.15) is 5.69 Å². The zero-order chi connectivity index (χ0) is 29.8. The summed E-state index contributed by atoms with van der Waals surface area (Å²) in [6.45, 7) is 0.197. The van der Waals surface area contributed by atoms with Gasteiger partial charge in [0.05, 0.1) is 39.9 Å². The summed E-state index contributed by atoms with van der Waals surface area (Å²) in [5.74, 6) is 4.57. The average molecular weight is 627 g/mol. The molecule has 12 heteroatoms. The maximum absolute atomic E-state index is 16.4. The Bertz CT molecular complexity index is 2030. The molecule has 0 saturated carbocycles. The number of rotatable bonds is 7. The van der Waals surface area contributed by atoms with Gasteiger partial charge < -0.3 is 9.88 Å². The van der Waals surface area contributed by atoms with Gasteiger partial charge in [0.15, 0.2) is 11.6 Å². The second-order valence-corrected chi connectivity index (χ2v) is 11.9. The van der Waals surface area contributed by atoms with Crippen molar-refractivity contribution in [3.8, 4) is 23.2 Å². The second-order valence-electron chi connectivity index (χ2n) is 9.13. The highest BCUT2D eigenvalue weighted by Crippen LogP contribution is 2.30. The molecule has 5 aromatic heterocycles. The van der Waals surface area contributed by atoms with Gasteiger partial charge in [-0.05, 0) is 41.8 Å². The van der Waals surface area contributed by atoms with Crippen LogP contribution in [0.4, 0.5) is 10.2 Å². The van der Waals surface area contributed by atoms with Crippen LogP contribution in [-0.2, 0) is 13.1 Å². The number of carbonyl (C=O) groups is 1. The van der Waals surface area contributed by atoms with E-state index in [0.29, 0.717) is 20.5 Å². The van der Waals surface area contributed by atoms with Crippen LogP contribution in [0.25, 0.3) is 11.4 Å². The van der Waals surface area contributed by atoms with Gasteiger partial charge in [-0.15, -0.1) is 22.7 Å². The highest BCUT2D eigenvalue weighted by Gasteiger charge is 2.27. The molecule has 6 aromatic rings. The monoisotopic (exact) mass is 626 g/mol. The molecular formula is C31H20ClFN6O2S2. The van der Waals surface area contributed by atoms with Crippen molar-refractivity contribution < 1.29 is 9.18 Å². The molecule has 0 radical (unpaired) electrons. The van der Waals surface area contributed by atoms with Crippen molar-refractivity contribution in [3.05, 3.63) is 138 Å². The Kier molecular flexibility index (Phi) is 8.24. The number of halogens is 2. The average Bonchev–Trinajstić information content (AvgIpc) is 3.78. The van der Waals surface area contributed by atoms with Gasteiger partial charge in [-0.3, -0.25) is 19.6 Å². The number of carbonyl (C=O) groups excluding carboxylic acids is 1. The number of aromatic nitrogens is 5. The minimum Gasteiger partial charge on any atom is -0.363 e. The molecule has 0 aliphatic heterocycles. The predicted molar refractivity (Wildman–Crippen MR) is 166 cm³/mol. The number of benzene rings is 1. The van der Waals surface area contributed by atoms with Crippen LogP contribution in [0.2, 0.25) is 4.34 Å². The molecule has 0 fully saturated rings. The number of hydrogen-bond acceptors (Lipinski definition) is 8. The number of thiophene rings is 2. The third-order valence-electron chi connectivity index (χ3n) is 6.24. The molecule has 8 nitrogen and oxygen atoms in total. The number of anilines is 1. The molecule has 0 spiro atoms. The maximum atomic E-state index is 16.4. The molecular weight excluding hydrogens is 607 g/mol. The standard InChI is InChI=1S/C31H20ClFN6O2S2/c32-26-11-10-23(43-26)18-36-30-28(33)29(37-39(30)31(41)25-7-4-14-42-25)24-15-21(9-8-20-5-2-1-3-6-20)16-27(40)38(24)19-22-17-34-12-13-35-22/h1-7,10-17,36H,18-19H2. The molecule has 0 aliphatic rings. The Balaban J connectivity index is 1.50. The summed E-state index contributed by atoms with van der Waals surface area (Å²) in [5, 5.41) is 9.19. The number of nitrogens with one attached hydrogen (secondary N) is 1. The summed E-state index contributed by atoms with van der Waals surface area (Å²) in [5.41, 5.74) is 1.09. The molecule has 1 N–H and O–H groups in total. The van der Waals surface area contributed by atoms with Crippen LogP contribution in [0, 0.1) is 17.7 Å². The SMILES string of the molecule is O=C(c1cccs1)n1nc(-c2cc(C#Cc3ccccc3)cc(=O)n2Cc2cnccn2)c(F)c1NCc1ccc(Cl)s1. The lowest BCUT2D eigenvalue weighted by Gasteiger charge is -2.11. The fraction of sp³-hybridized carbons (Fsp3) is 0.0645. The van der Waals surface area contributed by atoms with Crippen molar-refractivity contribution in [2.24, 2.45) is 0 Å². The minimum atomic E-state index is -0.798. The Hall–Kier alpha value is -4.89. The van der Waals surface area contributed by atoms with Crippen LogP contribution in [0.1, 0.15) is 31.4 Å². The summed E-state index contributed by atoms with van der Waals surface area (Å²) < 4.78 is 19.3. The lowest BCUT2D eigenvalue weighted by molar-refractivity contribution is 0.0951. The summed E-state index contributed by atoms with van der Waals surface area (Å²) >= 11 is 8.63. The number of pyridine rings is 1. The molecule has 0 saturated heterocycles. The second kappa shape index (κ2) is 12.5. The summed E-state index contributed by atoms with van der Waals surface area (Å²) in [7, 11) is 0. The van der Waals surface area contributed by atoms with Gasteiger partial charge in [0, 0.05) is 34.5 Å². The first kappa shape index (κ1) is 28.2. The highest BCUT2D eigenvalue weighted by molar-refractivity contribution is 7.16. The van der Waals surface area contributed by atoms with E-state index in [0.717, 1.165) is 15.1 Å². The molecule has 6 rings (SSSR count). The van der Waals surface area contributed by atoms with Crippen molar-refractivity contribution >= 4 is 46.0 Å². The molecule has 0 aliphatic carbocycles. The molecule has 0 atom stereocenters. The Morgan fingerprint density at radius 2 is 1.86 bits per heavy atom. The van der Waals surface area contributed by atoms with Crippen LogP contribution in [-0.4, -0.2) is 30.2 Å². The first-order valence-electron chi connectivity index (χ1n) is 12.9. The normalized spacial score (nSPS) is 10.7. The lowest BCUT2D eigenvalue weighted by Crippen LogP contribution is -2.23. The van der Waals surface area contributed by atoms with Crippen molar-refractivity contribution in [3.63, 3.8) is 0 Å². The van der Waals surface area contributed by atoms with E-state index in [2.05, 4.69) is 32.2 Å². The van der Waals surface area contributed by atoms with Crippen LogP contribution < -0.4 is 10.9 Å². The predicted octanol–water partition coefficient (Wildman–Crippen LogP) is 6.17. The van der Waals surface area contributed by atoms with E-state index >= 15 is 4.39 Å². The summed E-state index contributed by atoms with van der Waals surface area (Å²) in [4.78, 5) is 36.5. The fourth-order valence-electron chi connectivity index (χ4n) is 4.25. The van der Waals surface area contributed by atoms with E-state index in [1.165, 1.54) is 51.9 Å². The van der Waals surface area contributed by atoms with Crippen LogP contribution in [0.15, 0.2) is 95.5 Å². The maximum Gasteiger partial charge on any atom is 0.290 e. The topological polar surface area (TPSA) is 94.7 Å². The van der Waals surface area contributed by atoms with Gasteiger partial charge in [0.25, 0.3) is 11.5 Å². The molecule has 43 heavy (non-hydrogen) atoms. The van der Waals surface area contributed by atoms with Crippen LogP contribution >= 0.6 is 34.3 Å². The quantitative estimate of drug-likeness (QED) is 0.213. The Labute approximate surface area is 258 Å². The van der Waals surface area contributed by atoms with Gasteiger partial charge in [0.2, 0.25) is 0 Å². The molecule has 0 bridgehead atoms. The van der Waals surface area contributed by atoms with Gasteiger partial charge >= 0.3 is 0 Å². The zero-order valence-corrected chi connectivity index (χ0v) is 24.6. The molecule has 212 valence electrons. The molecule has 1 aromatic carbocycles. The van der Waals surface area contributed by atoms with Gasteiger partial charge in [-0.2, -0.15) is 9.78 Å². The van der Waals surface area contributed by atoms with E-state index < -0.39 is 17.3 Å². The third-order valence-corrected chi connectivity index (χ3v) is 8.33. The minimum absolute atomic E-state index is 0.00394. The largest absolute Gasteiger partial charge is 0.363 e. The molecule has 0 unspecified atom stereocenters. The van der Waals surface area contributed by atoms with Gasteiger partial charge in [-0.1, -0.05) is 47.7 Å². The summed E-state index contributed by atoms with van der Waals surface area (Å²) in [6, 6.07) is 19.2. The van der Waals surface area contributed by atoms with E-state index in [1.807, 2.05) is 36.4 Å². The van der Waals surface area contributed by atoms with E-state index in [4.69, 9.17) is 11.6 Å². The van der Waals surface area contributed by atoms with Crippen molar-refractivity contribution in [2.45, 2.75) is 13.1 Å². The first-order chi connectivity index (χ1) is 21.0. The number of nitrogens with zero attached hydrogens (tertiary/aromatic N) is 5. The van der Waals surface area contributed by atoms with E-state index in [-0.39, 0.29) is 30.3 Å². The molecule has 0 amide bonds. The zero-order valence-electron chi connectivity index (χ0n) is 22.2. The smallest absolute Gasteiger partial charge is 0.290 e. The number of hydrogen-bond donors (Lipinski definition) is 1. The van der Waals surface area contributed by atoms with E-state index in [9.17, 15) is 9.59 Å². The molecule has 5 heterocycles. The van der Waals surface area contributed by atoms with Crippen molar-refractivity contribution in [2.75, 3.05) is 5.32 Å². The Morgan fingerprint density at radius 3 is 2.58 bits per heavy atom. The van der Waals surface area contributed by atoms with E-state index in [1.54, 1.807) is 29.6 Å². The van der Waals surface area contributed by atoms with Crippen molar-refractivity contribution in [1.82, 2.24) is 24.3 Å². The lowest BCUT2D eigenvalue weighted by atomic mass is 10.1. The third kappa shape index (κ3) is 6.32. The fourth-order valence-corrected chi connectivity index (χ4v) is 5.93. The van der Waals surface area contributed by atoms with Gasteiger partial charge in [-0.25, -0.2) is 4.39 Å². The van der Waals surface area contributed by atoms with Crippen LogP contribution in [0.3, 0.4) is 0 Å².